The summed E-state index contributed by atoms with van der Waals surface area (Å²) in [6.07, 6.45) is 1.02. The largest absolute Gasteiger partial charge is 0.311 e. The topological polar surface area (TPSA) is 6.48 Å². The van der Waals surface area contributed by atoms with Crippen LogP contribution in [-0.4, -0.2) is 6.71 Å². The monoisotopic (exact) mass is 1550 g/mol. The van der Waals surface area contributed by atoms with E-state index in [1.165, 1.54) is 184 Å². The van der Waals surface area contributed by atoms with Gasteiger partial charge in [0.25, 0.3) is 6.71 Å². The first kappa shape index (κ1) is 82.6. The van der Waals surface area contributed by atoms with Gasteiger partial charge in [-0.2, -0.15) is 0 Å². The molecule has 13 aromatic carbocycles. The Morgan fingerprint density at radius 2 is 0.466 bits per heavy atom. The molecule has 1 unspecified atom stereocenters. The van der Waals surface area contributed by atoms with Crippen LogP contribution in [0.2, 0.25) is 0 Å². The minimum absolute atomic E-state index is 0.107. The predicted molar refractivity (Wildman–Crippen MR) is 514 cm³/mol. The molecule has 0 amide bonds. The molecular weight excluding hydrogens is 1420 g/mol. The number of fused-ring (bicyclic) bond motifs is 4. The number of rotatable bonds is 24. The number of benzene rings is 13. The Morgan fingerprint density at radius 3 is 0.703 bits per heavy atom. The molecule has 0 N–H and O–H groups in total. The quantitative estimate of drug-likeness (QED) is 0.0439. The molecule has 2 aliphatic rings. The highest BCUT2D eigenvalue weighted by Crippen LogP contribution is 2.51. The molecule has 3 heteroatoms. The van der Waals surface area contributed by atoms with Gasteiger partial charge < -0.3 is 9.80 Å². The first-order chi connectivity index (χ1) is 56.6. The SMILES string of the molecule is CCc1cc(C(C)C)c(-c2ccc(C(c3ccc(-c4c(C(C)C)cc(C(C)C)cc4C(C)C)cc3)c3ccc4c(c3)N(c3ccccc3)c3cccc5c3B4c3ccc(C(c4ccc(-c6c(C(C)C)cc(C(C)C)cc6C(C)C)cc4)c4ccc(-c6c(C(C)C)cc(C(C)C)cc6C(C)C)cc4)cc3N5c3ccccc3)cc2)c(C(C)C)c1. The van der Waals surface area contributed by atoms with E-state index >= 15 is 0 Å². The van der Waals surface area contributed by atoms with Gasteiger partial charge in [-0.15, -0.1) is 0 Å². The molecule has 13 aromatic rings. The second kappa shape index (κ2) is 34.1. The fourth-order valence-electron chi connectivity index (χ4n) is 19.6. The summed E-state index contributed by atoms with van der Waals surface area (Å²) in [6, 6.07) is 104. The van der Waals surface area contributed by atoms with E-state index in [4.69, 9.17) is 0 Å². The molecule has 0 saturated carbocycles. The third-order valence-electron chi connectivity index (χ3n) is 26.2. The summed E-state index contributed by atoms with van der Waals surface area (Å²) < 4.78 is 0. The van der Waals surface area contributed by atoms with E-state index in [9.17, 15) is 0 Å². The summed E-state index contributed by atoms with van der Waals surface area (Å²) in [7, 11) is 0. The average Bonchev–Trinajstić information content (AvgIpc) is 0.696. The lowest BCUT2D eigenvalue weighted by Crippen LogP contribution is -2.61. The second-order valence-corrected chi connectivity index (χ2v) is 37.9. The van der Waals surface area contributed by atoms with Gasteiger partial charge in [0.1, 0.15) is 0 Å². The van der Waals surface area contributed by atoms with E-state index in [0.717, 1.165) is 17.8 Å². The zero-order chi connectivity index (χ0) is 83.6. The van der Waals surface area contributed by atoms with Crippen LogP contribution >= 0.6 is 0 Å². The molecule has 2 nitrogen and oxygen atoms in total. The third-order valence-corrected chi connectivity index (χ3v) is 26.2. The summed E-state index contributed by atoms with van der Waals surface area (Å²) >= 11 is 0. The number of hydrogen-bond donors (Lipinski definition) is 0. The van der Waals surface area contributed by atoms with Crippen LogP contribution in [0.4, 0.5) is 34.1 Å². The standard InChI is InChI=1S/C115H127BN2/c1-24-79-58-95(71(8)9)111(96(59-79)72(10)11)84-46-38-80(39-47-84)109(81-40-48-85(49-41-81)112-97(73(12)13)60-90(68(2)3)61-98(112)74(14)15)88-54-56-103-107(66-88)117(93-32-27-25-28-33-93)105-36-31-37-106-115(105)116(103)104-57-55-89(67-108(104)118(106)94-34-29-26-30-35-94)110(82-42-50-86(51-43-82)113-99(75(16)17)62-91(69(4)5)63-100(113)76(18)19)83-44-52-87(53-45-83)114-101(77(20)21)64-92(70(6)7)65-102(114)78(22)23/h25-78,109-110H,24H2,1-23H3. The lowest BCUT2D eigenvalue weighted by molar-refractivity contribution is 0.807. The number of para-hydroxylation sites is 2. The van der Waals surface area contributed by atoms with Crippen LogP contribution in [0.3, 0.4) is 0 Å². The van der Waals surface area contributed by atoms with E-state index in [1.54, 1.807) is 0 Å². The predicted octanol–water partition coefficient (Wildman–Crippen LogP) is 31.7. The van der Waals surface area contributed by atoms with E-state index in [-0.39, 0.29) is 18.5 Å². The van der Waals surface area contributed by atoms with E-state index < -0.39 is 0 Å². The fraction of sp³-hybridized carbons (Fsp3) is 0.322. The molecule has 0 radical (unpaired) electrons. The minimum atomic E-state index is -0.112. The second-order valence-electron chi connectivity index (χ2n) is 37.9. The van der Waals surface area contributed by atoms with Crippen molar-refractivity contribution in [2.45, 2.75) is 243 Å². The van der Waals surface area contributed by atoms with Gasteiger partial charge in [-0.3, -0.25) is 0 Å². The number of hydrogen-bond acceptors (Lipinski definition) is 2. The van der Waals surface area contributed by atoms with Crippen LogP contribution in [0.25, 0.3) is 44.5 Å². The molecule has 0 aliphatic carbocycles. The fourth-order valence-corrected chi connectivity index (χ4v) is 19.6. The highest BCUT2D eigenvalue weighted by atomic mass is 15.2. The van der Waals surface area contributed by atoms with Crippen LogP contribution in [0, 0.1) is 0 Å². The molecule has 2 heterocycles. The maximum atomic E-state index is 2.59. The van der Waals surface area contributed by atoms with Crippen LogP contribution in [-0.2, 0) is 6.42 Å². The molecule has 0 fully saturated rings. The highest BCUT2D eigenvalue weighted by Gasteiger charge is 2.44. The zero-order valence-electron chi connectivity index (χ0n) is 75.0. The molecule has 118 heavy (non-hydrogen) atoms. The van der Waals surface area contributed by atoms with Crippen molar-refractivity contribution in [2.75, 3.05) is 9.80 Å². The Labute approximate surface area is 710 Å². The van der Waals surface area contributed by atoms with Gasteiger partial charge in [-0.25, -0.2) is 0 Å². The van der Waals surface area contributed by atoms with Crippen molar-refractivity contribution in [3.8, 4) is 44.5 Å². The first-order valence-electron chi connectivity index (χ1n) is 44.8. The molecule has 0 aromatic heterocycles. The lowest BCUT2D eigenvalue weighted by atomic mass is 9.33. The molecule has 0 saturated heterocycles. The van der Waals surface area contributed by atoms with Crippen LogP contribution in [0.15, 0.2) is 261 Å². The Bertz CT molecular complexity index is 5520. The minimum Gasteiger partial charge on any atom is -0.311 e. The number of nitrogens with zero attached hydrogens (tertiary/aromatic N) is 2. The maximum absolute atomic E-state index is 2.59. The van der Waals surface area contributed by atoms with Crippen LogP contribution in [0.5, 0.6) is 0 Å². The van der Waals surface area contributed by atoms with Gasteiger partial charge in [-0.1, -0.05) is 372 Å². The number of aryl methyl sites for hydroxylation is 1. The van der Waals surface area contributed by atoms with E-state index in [1.807, 2.05) is 0 Å². The Morgan fingerprint density at radius 1 is 0.220 bits per heavy atom. The van der Waals surface area contributed by atoms with E-state index in [2.05, 4.69) is 430 Å². The Hall–Kier alpha value is -10.5. The summed E-state index contributed by atoms with van der Waals surface area (Å²) in [5.41, 5.74) is 46.3. The molecule has 15 rings (SSSR count). The smallest absolute Gasteiger partial charge is 0.252 e. The maximum Gasteiger partial charge on any atom is 0.252 e. The molecule has 0 bridgehead atoms. The van der Waals surface area contributed by atoms with Crippen molar-refractivity contribution < 1.29 is 0 Å². The van der Waals surface area contributed by atoms with Gasteiger partial charge in [0, 0.05) is 46.0 Å². The lowest BCUT2D eigenvalue weighted by Gasteiger charge is -2.44. The third kappa shape index (κ3) is 15.6. The van der Waals surface area contributed by atoms with Crippen molar-refractivity contribution in [1.82, 2.24) is 0 Å². The Kier molecular flexibility index (Phi) is 23.9. The van der Waals surface area contributed by atoms with Crippen LogP contribution in [0.1, 0.15) is 336 Å². The van der Waals surface area contributed by atoms with Gasteiger partial charge in [0.2, 0.25) is 0 Å². The van der Waals surface area contributed by atoms with E-state index in [0.29, 0.717) is 65.1 Å². The highest BCUT2D eigenvalue weighted by molar-refractivity contribution is 7.00. The molecule has 1 atom stereocenters. The van der Waals surface area contributed by atoms with Crippen molar-refractivity contribution in [1.29, 1.82) is 0 Å². The normalized spacial score (nSPS) is 13.1. The van der Waals surface area contributed by atoms with Crippen molar-refractivity contribution in [3.63, 3.8) is 0 Å². The summed E-state index contributed by atoms with van der Waals surface area (Å²) in [4.78, 5) is 5.18. The molecule has 600 valence electrons. The van der Waals surface area contributed by atoms with Crippen molar-refractivity contribution in [3.05, 3.63) is 361 Å². The van der Waals surface area contributed by atoms with Gasteiger partial charge >= 0.3 is 0 Å². The molecular formula is C115H127BN2. The average molecular weight is 1550 g/mol. The van der Waals surface area contributed by atoms with Gasteiger partial charge in [-0.05, 0) is 281 Å². The summed E-state index contributed by atoms with van der Waals surface area (Å²) in [5.74, 6) is 4.01. The van der Waals surface area contributed by atoms with Crippen molar-refractivity contribution in [2.24, 2.45) is 0 Å². The first-order valence-corrected chi connectivity index (χ1v) is 44.8. The van der Waals surface area contributed by atoms with Crippen molar-refractivity contribution >= 4 is 57.2 Å². The molecule has 0 spiro atoms. The zero-order valence-corrected chi connectivity index (χ0v) is 75.0. The number of anilines is 6. The Balaban J connectivity index is 0.938. The summed E-state index contributed by atoms with van der Waals surface area (Å²) in [6.45, 7) is 54.1. The van der Waals surface area contributed by atoms with Gasteiger partial charge in [0.15, 0.2) is 0 Å². The molecule has 2 aliphatic heterocycles. The van der Waals surface area contributed by atoms with Gasteiger partial charge in [0.05, 0.1) is 0 Å². The summed E-state index contributed by atoms with van der Waals surface area (Å²) in [5, 5.41) is 0. The van der Waals surface area contributed by atoms with Crippen LogP contribution < -0.4 is 26.2 Å².